The summed E-state index contributed by atoms with van der Waals surface area (Å²) < 4.78 is 69.6. The zero-order valence-electron chi connectivity index (χ0n) is 17.6. The van der Waals surface area contributed by atoms with Gasteiger partial charge in [0.1, 0.15) is 24.2 Å². The van der Waals surface area contributed by atoms with E-state index in [9.17, 15) is 31.5 Å². The van der Waals surface area contributed by atoms with Gasteiger partial charge in [-0.15, -0.1) is 0 Å². The van der Waals surface area contributed by atoms with Crippen LogP contribution in [0.15, 0.2) is 24.5 Å². The molecule has 0 unspecified atom stereocenters. The highest BCUT2D eigenvalue weighted by Crippen LogP contribution is 2.36. The van der Waals surface area contributed by atoms with Crippen LogP contribution in [0.1, 0.15) is 34.8 Å². The quantitative estimate of drug-likeness (QED) is 0.580. The highest BCUT2D eigenvalue weighted by molar-refractivity contribution is 5.94. The molecule has 1 atom stereocenters. The smallest absolute Gasteiger partial charge is 0.337 e. The largest absolute Gasteiger partial charge is 0.408 e. The fourth-order valence-corrected chi connectivity index (χ4v) is 4.65. The molecule has 4 heterocycles. The minimum atomic E-state index is -4.56. The van der Waals surface area contributed by atoms with Crippen LogP contribution in [0.25, 0.3) is 10.9 Å². The number of carbonyl (C=O) groups is 2. The Morgan fingerprint density at radius 2 is 1.94 bits per heavy atom. The van der Waals surface area contributed by atoms with Crippen molar-refractivity contribution in [2.24, 2.45) is 0 Å². The lowest BCUT2D eigenvalue weighted by Crippen LogP contribution is -2.48. The second-order valence-corrected chi connectivity index (χ2v) is 8.51. The number of hydrogen-bond donors (Lipinski definition) is 1. The molecule has 3 aromatic rings. The number of fused-ring (bicyclic) bond motifs is 1. The van der Waals surface area contributed by atoms with Crippen molar-refractivity contribution in [1.29, 1.82) is 0 Å². The number of amides is 2. The number of H-pyrrole nitrogens is 1. The molecule has 2 aromatic heterocycles. The van der Waals surface area contributed by atoms with Crippen molar-refractivity contribution in [3.63, 3.8) is 0 Å². The predicted molar refractivity (Wildman–Crippen MR) is 108 cm³/mol. The van der Waals surface area contributed by atoms with Crippen molar-refractivity contribution >= 4 is 22.7 Å². The van der Waals surface area contributed by atoms with Crippen LogP contribution in [0.4, 0.5) is 22.0 Å². The first-order chi connectivity index (χ1) is 16.1. The van der Waals surface area contributed by atoms with Crippen LogP contribution in [0.3, 0.4) is 0 Å². The summed E-state index contributed by atoms with van der Waals surface area (Å²) in [5.74, 6) is -3.28. The van der Waals surface area contributed by atoms with Gasteiger partial charge < -0.3 is 9.80 Å². The minimum Gasteiger partial charge on any atom is -0.337 e. The lowest BCUT2D eigenvalue weighted by atomic mass is 9.93. The van der Waals surface area contributed by atoms with Crippen molar-refractivity contribution in [3.8, 4) is 0 Å². The molecule has 0 bridgehead atoms. The first-order valence-electron chi connectivity index (χ1n) is 10.6. The summed E-state index contributed by atoms with van der Waals surface area (Å²) >= 11 is 0. The van der Waals surface area contributed by atoms with E-state index in [-0.39, 0.29) is 60.9 Å². The van der Waals surface area contributed by atoms with Gasteiger partial charge in [0, 0.05) is 43.9 Å². The molecule has 2 aliphatic rings. The van der Waals surface area contributed by atoms with Crippen molar-refractivity contribution in [3.05, 3.63) is 47.4 Å². The normalized spacial score (nSPS) is 19.1. The molecule has 5 rings (SSSR count). The summed E-state index contributed by atoms with van der Waals surface area (Å²) in [5.41, 5.74) is 0.561. The van der Waals surface area contributed by atoms with Gasteiger partial charge in [-0.3, -0.25) is 19.4 Å². The van der Waals surface area contributed by atoms with E-state index in [0.717, 1.165) is 15.6 Å². The van der Waals surface area contributed by atoms with Gasteiger partial charge in [0.05, 0.1) is 28.4 Å². The van der Waals surface area contributed by atoms with Crippen molar-refractivity contribution in [1.82, 2.24) is 29.8 Å². The lowest BCUT2D eigenvalue weighted by molar-refractivity contribution is -0.183. The van der Waals surface area contributed by atoms with Gasteiger partial charge >= 0.3 is 6.18 Å². The number of likely N-dealkylation sites (tertiary alicyclic amines) is 2. The number of aromatic nitrogens is 4. The number of hydrogen-bond acceptors (Lipinski definition) is 4. The van der Waals surface area contributed by atoms with Crippen LogP contribution in [0, 0.1) is 11.6 Å². The second-order valence-electron chi connectivity index (χ2n) is 8.51. The standard InChI is InChI=1S/C21H19F5N6O2/c22-13-4-14(23)18-15(5-13)32(10-17(33)31-3-1-2-16(31)21(24,25)26)29-19(18)12-8-30(9-12)20(34)11-6-27-28-7-11/h4-7,12,16H,1-3,8-10H2,(H,27,28)/t16-/m0/s1. The van der Waals surface area contributed by atoms with Gasteiger partial charge in [-0.1, -0.05) is 0 Å². The van der Waals surface area contributed by atoms with E-state index in [1.807, 2.05) is 0 Å². The Morgan fingerprint density at radius 1 is 1.18 bits per heavy atom. The number of halogens is 5. The number of nitrogens with one attached hydrogen (secondary N) is 1. The molecular weight excluding hydrogens is 463 g/mol. The molecule has 34 heavy (non-hydrogen) atoms. The Morgan fingerprint density at radius 3 is 2.62 bits per heavy atom. The molecule has 0 spiro atoms. The maximum Gasteiger partial charge on any atom is 0.408 e. The molecular formula is C21H19F5N6O2. The third-order valence-electron chi connectivity index (χ3n) is 6.33. The van der Waals surface area contributed by atoms with E-state index in [0.29, 0.717) is 11.6 Å². The summed E-state index contributed by atoms with van der Waals surface area (Å²) in [6.45, 7) is -0.214. The summed E-state index contributed by atoms with van der Waals surface area (Å²) in [7, 11) is 0. The first kappa shape index (κ1) is 22.3. The molecule has 13 heteroatoms. The summed E-state index contributed by atoms with van der Waals surface area (Å²) in [6.07, 6.45) is -1.71. The first-order valence-corrected chi connectivity index (χ1v) is 10.6. The molecule has 2 aliphatic heterocycles. The van der Waals surface area contributed by atoms with Gasteiger partial charge in [0.25, 0.3) is 5.91 Å². The Kier molecular flexibility index (Phi) is 5.29. The Balaban J connectivity index is 1.41. The Bertz CT molecular complexity index is 1250. The highest BCUT2D eigenvalue weighted by Gasteiger charge is 2.47. The number of benzene rings is 1. The monoisotopic (exact) mass is 482 g/mol. The van der Waals surface area contributed by atoms with Crippen LogP contribution in [-0.2, 0) is 11.3 Å². The fourth-order valence-electron chi connectivity index (χ4n) is 4.65. The Labute approximate surface area is 189 Å². The van der Waals surface area contributed by atoms with E-state index in [2.05, 4.69) is 15.3 Å². The van der Waals surface area contributed by atoms with Gasteiger partial charge in [0.2, 0.25) is 5.91 Å². The number of rotatable bonds is 4. The average molecular weight is 482 g/mol. The van der Waals surface area contributed by atoms with E-state index in [1.165, 1.54) is 17.3 Å². The molecule has 0 aliphatic carbocycles. The van der Waals surface area contributed by atoms with Gasteiger partial charge in [0.15, 0.2) is 0 Å². The molecule has 1 aromatic carbocycles. The lowest BCUT2D eigenvalue weighted by Gasteiger charge is -2.38. The van der Waals surface area contributed by atoms with Crippen LogP contribution >= 0.6 is 0 Å². The van der Waals surface area contributed by atoms with Gasteiger partial charge in [-0.25, -0.2) is 8.78 Å². The molecule has 0 saturated carbocycles. The molecule has 2 fully saturated rings. The van der Waals surface area contributed by atoms with Crippen molar-refractivity contribution < 1.29 is 31.5 Å². The maximum atomic E-state index is 14.7. The third kappa shape index (κ3) is 3.78. The van der Waals surface area contributed by atoms with E-state index < -0.39 is 36.3 Å². The van der Waals surface area contributed by atoms with Crippen LogP contribution in [0.2, 0.25) is 0 Å². The number of carbonyl (C=O) groups excluding carboxylic acids is 2. The fraction of sp³-hybridized carbons (Fsp3) is 0.429. The molecule has 1 N–H and O–H groups in total. The molecule has 0 radical (unpaired) electrons. The number of aromatic amines is 1. The second kappa shape index (κ2) is 8.06. The SMILES string of the molecule is O=C(c1cn[nH]c1)N1CC(c2nn(CC(=O)N3CCC[C@H]3C(F)(F)F)c3cc(F)cc(F)c23)C1. The van der Waals surface area contributed by atoms with Crippen LogP contribution < -0.4 is 0 Å². The molecule has 2 amide bonds. The zero-order valence-corrected chi connectivity index (χ0v) is 17.6. The predicted octanol–water partition coefficient (Wildman–Crippen LogP) is 2.83. The summed E-state index contributed by atoms with van der Waals surface area (Å²) in [5, 5.41) is 10.6. The van der Waals surface area contributed by atoms with Crippen molar-refractivity contribution in [2.45, 2.75) is 37.5 Å². The maximum absolute atomic E-state index is 14.7. The van der Waals surface area contributed by atoms with Crippen molar-refractivity contribution in [2.75, 3.05) is 19.6 Å². The van der Waals surface area contributed by atoms with E-state index in [4.69, 9.17) is 0 Å². The summed E-state index contributed by atoms with van der Waals surface area (Å²) in [6, 6.07) is -0.197. The summed E-state index contributed by atoms with van der Waals surface area (Å²) in [4.78, 5) is 27.4. The van der Waals surface area contributed by atoms with E-state index >= 15 is 0 Å². The Hall–Kier alpha value is -3.51. The van der Waals surface area contributed by atoms with E-state index in [1.54, 1.807) is 0 Å². The van der Waals surface area contributed by atoms with Gasteiger partial charge in [-0.05, 0) is 12.8 Å². The van der Waals surface area contributed by atoms with Gasteiger partial charge in [-0.2, -0.15) is 23.4 Å². The molecule has 2 saturated heterocycles. The highest BCUT2D eigenvalue weighted by atomic mass is 19.4. The molecule has 8 nitrogen and oxygen atoms in total. The number of nitrogens with zero attached hydrogens (tertiary/aromatic N) is 5. The third-order valence-corrected chi connectivity index (χ3v) is 6.33. The average Bonchev–Trinajstić information content (AvgIpc) is 3.47. The number of alkyl halides is 3. The molecule has 180 valence electrons. The van der Waals surface area contributed by atoms with Crippen LogP contribution in [-0.4, -0.2) is 73.4 Å². The topological polar surface area (TPSA) is 87.1 Å². The minimum absolute atomic E-state index is 0.0107. The zero-order chi connectivity index (χ0) is 24.2. The van der Waals surface area contributed by atoms with Crippen LogP contribution in [0.5, 0.6) is 0 Å².